The lowest BCUT2D eigenvalue weighted by atomic mass is 10.0. The highest BCUT2D eigenvalue weighted by molar-refractivity contribution is 7.89. The minimum absolute atomic E-state index is 0.0374. The number of fused-ring (bicyclic) bond motifs is 1. The summed E-state index contributed by atoms with van der Waals surface area (Å²) in [6, 6.07) is 4.84. The molecule has 0 unspecified atom stereocenters. The molecule has 0 radical (unpaired) electrons. The molecular formula is C20H29N3O4S. The summed E-state index contributed by atoms with van der Waals surface area (Å²) in [6.45, 7) is 6.33. The number of carbonyl (C=O) groups excluding carboxylic acids is 2. The molecule has 1 aromatic rings. The van der Waals surface area contributed by atoms with E-state index in [1.54, 1.807) is 17.0 Å². The molecule has 154 valence electrons. The van der Waals surface area contributed by atoms with Crippen LogP contribution >= 0.6 is 0 Å². The lowest BCUT2D eigenvalue weighted by Crippen LogP contribution is -2.56. The van der Waals surface area contributed by atoms with Crippen LogP contribution in [-0.2, 0) is 32.5 Å². The van der Waals surface area contributed by atoms with Crippen LogP contribution < -0.4 is 5.32 Å². The summed E-state index contributed by atoms with van der Waals surface area (Å²) in [6.07, 6.45) is 3.02. The summed E-state index contributed by atoms with van der Waals surface area (Å²) >= 11 is 0. The first-order valence-corrected chi connectivity index (χ1v) is 11.3. The molecule has 0 spiro atoms. The third kappa shape index (κ3) is 4.22. The summed E-state index contributed by atoms with van der Waals surface area (Å²) in [5, 5.41) is 2.71. The molecule has 0 bridgehead atoms. The van der Waals surface area contributed by atoms with E-state index in [1.807, 2.05) is 19.9 Å². The van der Waals surface area contributed by atoms with E-state index < -0.39 is 16.1 Å². The van der Waals surface area contributed by atoms with E-state index in [-0.39, 0.29) is 30.8 Å². The van der Waals surface area contributed by atoms with E-state index in [9.17, 15) is 18.0 Å². The maximum absolute atomic E-state index is 13.0. The number of benzene rings is 1. The number of hydrogen-bond acceptors (Lipinski definition) is 4. The molecule has 1 N–H and O–H groups in total. The van der Waals surface area contributed by atoms with E-state index in [4.69, 9.17) is 0 Å². The first-order chi connectivity index (χ1) is 13.2. The van der Waals surface area contributed by atoms with Gasteiger partial charge >= 0.3 is 0 Å². The van der Waals surface area contributed by atoms with Crippen molar-refractivity contribution < 1.29 is 18.0 Å². The summed E-state index contributed by atoms with van der Waals surface area (Å²) < 4.78 is 27.5. The fourth-order valence-corrected chi connectivity index (χ4v) is 5.41. The average molecular weight is 408 g/mol. The number of nitrogens with one attached hydrogen (secondary N) is 1. The number of rotatable bonds is 5. The first kappa shape index (κ1) is 20.8. The molecule has 7 nitrogen and oxygen atoms in total. The van der Waals surface area contributed by atoms with Gasteiger partial charge in [0.2, 0.25) is 21.8 Å². The van der Waals surface area contributed by atoms with Gasteiger partial charge in [0.05, 0.1) is 4.90 Å². The number of carbonyl (C=O) groups is 2. The van der Waals surface area contributed by atoms with Crippen molar-refractivity contribution in [1.82, 2.24) is 14.5 Å². The normalized spacial score (nSPS) is 18.8. The molecule has 28 heavy (non-hydrogen) atoms. The second kappa shape index (κ2) is 8.21. The van der Waals surface area contributed by atoms with Gasteiger partial charge in [-0.2, -0.15) is 4.31 Å². The van der Waals surface area contributed by atoms with Crippen molar-refractivity contribution in [2.24, 2.45) is 5.92 Å². The van der Waals surface area contributed by atoms with Crippen molar-refractivity contribution in [2.75, 3.05) is 26.2 Å². The highest BCUT2D eigenvalue weighted by atomic mass is 32.2. The van der Waals surface area contributed by atoms with Gasteiger partial charge in [0.1, 0.15) is 6.04 Å². The van der Waals surface area contributed by atoms with Crippen LogP contribution in [0.1, 0.15) is 38.3 Å². The molecule has 1 heterocycles. The smallest absolute Gasteiger partial charge is 0.245 e. The number of aryl methyl sites for hydroxylation is 2. The Bertz CT molecular complexity index is 858. The second-order valence-corrected chi connectivity index (χ2v) is 9.87. The van der Waals surface area contributed by atoms with E-state index in [0.717, 1.165) is 24.8 Å². The Morgan fingerprint density at radius 3 is 2.29 bits per heavy atom. The van der Waals surface area contributed by atoms with Crippen molar-refractivity contribution in [3.8, 4) is 0 Å². The molecule has 1 aliphatic carbocycles. The molecule has 1 aliphatic heterocycles. The van der Waals surface area contributed by atoms with Gasteiger partial charge in [-0.1, -0.05) is 19.9 Å². The second-order valence-electron chi connectivity index (χ2n) is 7.94. The maximum atomic E-state index is 13.0. The standard InChI is InChI=1S/C20H29N3O4S/c1-14(2)19(21-15(3)24)20(25)22-9-11-23(12-10-22)28(26,27)18-8-7-16-5-4-6-17(16)13-18/h7-8,13-14,19H,4-6,9-12H2,1-3H3,(H,21,24)/t19-/m0/s1. The molecule has 0 saturated carbocycles. The van der Waals surface area contributed by atoms with Crippen LogP contribution in [0, 0.1) is 5.92 Å². The minimum atomic E-state index is -3.56. The zero-order valence-electron chi connectivity index (χ0n) is 16.8. The van der Waals surface area contributed by atoms with Gasteiger partial charge in [-0.15, -0.1) is 0 Å². The third-order valence-corrected chi connectivity index (χ3v) is 7.44. The highest BCUT2D eigenvalue weighted by Crippen LogP contribution is 2.26. The summed E-state index contributed by atoms with van der Waals surface area (Å²) in [7, 11) is -3.56. The Labute approximate surface area is 167 Å². The van der Waals surface area contributed by atoms with Crippen LogP contribution in [0.25, 0.3) is 0 Å². The third-order valence-electron chi connectivity index (χ3n) is 5.55. The Morgan fingerprint density at radius 1 is 1.04 bits per heavy atom. The zero-order chi connectivity index (χ0) is 20.5. The molecule has 8 heteroatoms. The summed E-state index contributed by atoms with van der Waals surface area (Å²) in [5.74, 6) is -0.436. The van der Waals surface area contributed by atoms with Crippen LogP contribution in [0.4, 0.5) is 0 Å². The van der Waals surface area contributed by atoms with Crippen molar-refractivity contribution in [3.63, 3.8) is 0 Å². The highest BCUT2D eigenvalue weighted by Gasteiger charge is 2.34. The van der Waals surface area contributed by atoms with E-state index in [2.05, 4.69) is 5.32 Å². The Balaban J connectivity index is 1.67. The molecular weight excluding hydrogens is 378 g/mol. The van der Waals surface area contributed by atoms with Gasteiger partial charge in [0.15, 0.2) is 0 Å². The zero-order valence-corrected chi connectivity index (χ0v) is 17.6. The van der Waals surface area contributed by atoms with Crippen LogP contribution in [0.5, 0.6) is 0 Å². The van der Waals surface area contributed by atoms with Gasteiger partial charge < -0.3 is 10.2 Å². The molecule has 1 fully saturated rings. The summed E-state index contributed by atoms with van der Waals surface area (Å²) in [5.41, 5.74) is 2.37. The molecule has 2 aliphatic rings. The molecule has 2 amide bonds. The molecule has 1 atom stereocenters. The minimum Gasteiger partial charge on any atom is -0.344 e. The molecule has 1 saturated heterocycles. The van der Waals surface area contributed by atoms with E-state index in [0.29, 0.717) is 18.0 Å². The number of hydrogen-bond donors (Lipinski definition) is 1. The molecule has 3 rings (SSSR count). The van der Waals surface area contributed by atoms with Gasteiger partial charge in [-0.25, -0.2) is 8.42 Å². The van der Waals surface area contributed by atoms with Gasteiger partial charge in [-0.3, -0.25) is 9.59 Å². The van der Waals surface area contributed by atoms with Crippen LogP contribution in [0.2, 0.25) is 0 Å². The van der Waals surface area contributed by atoms with Gasteiger partial charge in [-0.05, 0) is 48.4 Å². The van der Waals surface area contributed by atoms with Crippen molar-refractivity contribution in [1.29, 1.82) is 0 Å². The first-order valence-electron chi connectivity index (χ1n) is 9.88. The molecule has 0 aromatic heterocycles. The largest absolute Gasteiger partial charge is 0.344 e. The van der Waals surface area contributed by atoms with Crippen LogP contribution in [-0.4, -0.2) is 61.7 Å². The monoisotopic (exact) mass is 407 g/mol. The number of nitrogens with zero attached hydrogens (tertiary/aromatic N) is 2. The SMILES string of the molecule is CC(=O)N[C@H](C(=O)N1CCN(S(=O)(=O)c2ccc3c(c2)CCC3)CC1)C(C)C. The van der Waals surface area contributed by atoms with E-state index >= 15 is 0 Å². The van der Waals surface area contributed by atoms with Gasteiger partial charge in [0, 0.05) is 33.1 Å². The quantitative estimate of drug-likeness (QED) is 0.794. The number of sulfonamides is 1. The van der Waals surface area contributed by atoms with Crippen molar-refractivity contribution in [2.45, 2.75) is 51.0 Å². The predicted molar refractivity (Wildman–Crippen MR) is 106 cm³/mol. The van der Waals surface area contributed by atoms with Crippen molar-refractivity contribution >= 4 is 21.8 Å². The fourth-order valence-electron chi connectivity index (χ4n) is 3.94. The maximum Gasteiger partial charge on any atom is 0.245 e. The van der Waals surface area contributed by atoms with E-state index in [1.165, 1.54) is 16.8 Å². The fraction of sp³-hybridized carbons (Fsp3) is 0.600. The predicted octanol–water partition coefficient (Wildman–Crippen LogP) is 1.17. The Morgan fingerprint density at radius 2 is 1.68 bits per heavy atom. The average Bonchev–Trinajstić information content (AvgIpc) is 3.13. The summed E-state index contributed by atoms with van der Waals surface area (Å²) in [4.78, 5) is 26.2. The lowest BCUT2D eigenvalue weighted by Gasteiger charge is -2.36. The Hall–Kier alpha value is -1.93. The number of piperazine rings is 1. The van der Waals surface area contributed by atoms with Crippen LogP contribution in [0.15, 0.2) is 23.1 Å². The topological polar surface area (TPSA) is 86.8 Å². The molecule has 1 aromatic carbocycles. The number of amides is 2. The lowest BCUT2D eigenvalue weighted by molar-refractivity contribution is -0.138. The van der Waals surface area contributed by atoms with Crippen LogP contribution in [0.3, 0.4) is 0 Å². The Kier molecular flexibility index (Phi) is 6.09. The van der Waals surface area contributed by atoms with Gasteiger partial charge in [0.25, 0.3) is 0 Å². The van der Waals surface area contributed by atoms with Crippen molar-refractivity contribution in [3.05, 3.63) is 29.3 Å².